The van der Waals surface area contributed by atoms with Crippen LogP contribution in [-0.4, -0.2) is 19.1 Å². The van der Waals surface area contributed by atoms with Crippen molar-refractivity contribution in [2.24, 2.45) is 0 Å². The highest BCUT2D eigenvalue weighted by Crippen LogP contribution is 2.28. The molecule has 1 aromatic heterocycles. The molecule has 0 fully saturated rings. The van der Waals surface area contributed by atoms with Gasteiger partial charge in [0.25, 0.3) is 0 Å². The molecule has 2 aromatic rings. The van der Waals surface area contributed by atoms with Crippen LogP contribution in [0, 0.1) is 13.8 Å². The Bertz CT molecular complexity index is 603. The number of nitrogens with one attached hydrogen (secondary N) is 1. The first-order valence-electron chi connectivity index (χ1n) is 7.51. The van der Waals surface area contributed by atoms with Crippen LogP contribution in [0.2, 0.25) is 0 Å². The lowest BCUT2D eigenvalue weighted by molar-refractivity contribution is 0.802. The first-order chi connectivity index (χ1) is 10.1. The number of benzene rings is 1. The van der Waals surface area contributed by atoms with Gasteiger partial charge in [0.2, 0.25) is 0 Å². The third-order valence-corrected chi connectivity index (χ3v) is 3.86. The maximum absolute atomic E-state index is 4.76. The molecule has 1 N–H and O–H groups in total. The molecule has 0 saturated carbocycles. The molecule has 0 aliphatic carbocycles. The number of anilines is 2. The van der Waals surface area contributed by atoms with Crippen LogP contribution in [0.5, 0.6) is 0 Å². The summed E-state index contributed by atoms with van der Waals surface area (Å²) >= 11 is 0. The van der Waals surface area contributed by atoms with Gasteiger partial charge in [-0.1, -0.05) is 19.1 Å². The highest BCUT2D eigenvalue weighted by atomic mass is 15.2. The lowest BCUT2D eigenvalue weighted by Gasteiger charge is -2.23. The minimum Gasteiger partial charge on any atom is -0.329 e. The molecule has 0 spiro atoms. The average Bonchev–Trinajstić information content (AvgIpc) is 2.49. The molecule has 0 atom stereocenters. The fraction of sp³-hybridized carbons (Fsp3) is 0.389. The maximum atomic E-state index is 4.76. The normalized spacial score (nSPS) is 10.7. The molecule has 0 amide bonds. The molecule has 0 bridgehead atoms. The molecule has 0 saturated heterocycles. The highest BCUT2D eigenvalue weighted by molar-refractivity contribution is 5.64. The number of nitrogens with zero attached hydrogens (tertiary/aromatic N) is 2. The van der Waals surface area contributed by atoms with Crippen molar-refractivity contribution >= 4 is 11.5 Å². The zero-order chi connectivity index (χ0) is 15.4. The molecule has 0 aliphatic heterocycles. The van der Waals surface area contributed by atoms with Crippen molar-refractivity contribution in [3.8, 4) is 0 Å². The second-order valence-electron chi connectivity index (χ2n) is 5.49. The zero-order valence-electron chi connectivity index (χ0n) is 13.7. The lowest BCUT2D eigenvalue weighted by atomic mass is 10.1. The SMILES string of the molecule is CCc1ccc(N(C)c2nc(C)cc(C)c2CNC)cc1. The van der Waals surface area contributed by atoms with Gasteiger partial charge in [-0.15, -0.1) is 0 Å². The molecule has 2 rings (SSSR count). The average molecular weight is 283 g/mol. The maximum Gasteiger partial charge on any atom is 0.137 e. The summed E-state index contributed by atoms with van der Waals surface area (Å²) in [7, 11) is 4.06. The Morgan fingerprint density at radius 3 is 2.38 bits per heavy atom. The third kappa shape index (κ3) is 3.42. The summed E-state index contributed by atoms with van der Waals surface area (Å²) in [5.41, 5.74) is 6.12. The van der Waals surface area contributed by atoms with Crippen LogP contribution >= 0.6 is 0 Å². The Morgan fingerprint density at radius 1 is 1.14 bits per heavy atom. The van der Waals surface area contributed by atoms with Gasteiger partial charge in [0.1, 0.15) is 5.82 Å². The summed E-state index contributed by atoms with van der Waals surface area (Å²) in [6, 6.07) is 10.9. The van der Waals surface area contributed by atoms with E-state index in [2.05, 4.69) is 61.4 Å². The fourth-order valence-electron chi connectivity index (χ4n) is 2.59. The van der Waals surface area contributed by atoms with Gasteiger partial charge in [-0.25, -0.2) is 4.98 Å². The molecule has 0 aliphatic rings. The smallest absolute Gasteiger partial charge is 0.137 e. The second kappa shape index (κ2) is 6.72. The Balaban J connectivity index is 2.43. The summed E-state index contributed by atoms with van der Waals surface area (Å²) in [4.78, 5) is 6.93. The highest BCUT2D eigenvalue weighted by Gasteiger charge is 2.13. The largest absolute Gasteiger partial charge is 0.329 e. The molecular weight excluding hydrogens is 258 g/mol. The van der Waals surface area contributed by atoms with Gasteiger partial charge in [-0.2, -0.15) is 0 Å². The summed E-state index contributed by atoms with van der Waals surface area (Å²) in [6.45, 7) is 7.20. The van der Waals surface area contributed by atoms with E-state index in [1.165, 1.54) is 22.4 Å². The predicted molar refractivity (Wildman–Crippen MR) is 90.4 cm³/mol. The predicted octanol–water partition coefficient (Wildman–Crippen LogP) is 3.75. The lowest BCUT2D eigenvalue weighted by Crippen LogP contribution is -2.18. The number of pyridine rings is 1. The number of hydrogen-bond acceptors (Lipinski definition) is 3. The first kappa shape index (κ1) is 15.5. The molecule has 1 heterocycles. The van der Waals surface area contributed by atoms with Crippen LogP contribution in [-0.2, 0) is 13.0 Å². The van der Waals surface area contributed by atoms with E-state index in [4.69, 9.17) is 4.98 Å². The third-order valence-electron chi connectivity index (χ3n) is 3.86. The fourth-order valence-corrected chi connectivity index (χ4v) is 2.59. The minimum atomic E-state index is 0.825. The van der Waals surface area contributed by atoms with Gasteiger partial charge in [-0.3, -0.25) is 0 Å². The number of aryl methyl sites for hydroxylation is 3. The van der Waals surface area contributed by atoms with Crippen molar-refractivity contribution in [1.82, 2.24) is 10.3 Å². The molecule has 0 unspecified atom stereocenters. The van der Waals surface area contributed by atoms with E-state index in [-0.39, 0.29) is 0 Å². The first-order valence-corrected chi connectivity index (χ1v) is 7.51. The monoisotopic (exact) mass is 283 g/mol. The van der Waals surface area contributed by atoms with Crippen LogP contribution in [0.15, 0.2) is 30.3 Å². The Kier molecular flexibility index (Phi) is 4.97. The number of aromatic nitrogens is 1. The van der Waals surface area contributed by atoms with E-state index in [1.807, 2.05) is 14.0 Å². The topological polar surface area (TPSA) is 28.2 Å². The Morgan fingerprint density at radius 2 is 1.81 bits per heavy atom. The number of hydrogen-bond donors (Lipinski definition) is 1. The van der Waals surface area contributed by atoms with Crippen LogP contribution in [0.25, 0.3) is 0 Å². The van der Waals surface area contributed by atoms with Crippen molar-refractivity contribution in [2.75, 3.05) is 19.0 Å². The van der Waals surface area contributed by atoms with E-state index in [1.54, 1.807) is 0 Å². The van der Waals surface area contributed by atoms with E-state index in [0.717, 1.165) is 24.5 Å². The van der Waals surface area contributed by atoms with Gasteiger partial charge < -0.3 is 10.2 Å². The second-order valence-corrected chi connectivity index (χ2v) is 5.49. The van der Waals surface area contributed by atoms with E-state index in [9.17, 15) is 0 Å². The van der Waals surface area contributed by atoms with Crippen molar-refractivity contribution < 1.29 is 0 Å². The van der Waals surface area contributed by atoms with Crippen molar-refractivity contribution in [1.29, 1.82) is 0 Å². The van der Waals surface area contributed by atoms with E-state index >= 15 is 0 Å². The van der Waals surface area contributed by atoms with Crippen LogP contribution in [0.4, 0.5) is 11.5 Å². The molecule has 1 aromatic carbocycles. The summed E-state index contributed by atoms with van der Waals surface area (Å²) < 4.78 is 0. The molecular formula is C18H25N3. The van der Waals surface area contributed by atoms with Gasteiger partial charge in [0.05, 0.1) is 0 Å². The summed E-state index contributed by atoms with van der Waals surface area (Å²) in [5, 5.41) is 3.24. The molecule has 112 valence electrons. The van der Waals surface area contributed by atoms with Crippen LogP contribution in [0.3, 0.4) is 0 Å². The zero-order valence-corrected chi connectivity index (χ0v) is 13.7. The molecule has 3 nitrogen and oxygen atoms in total. The van der Waals surface area contributed by atoms with E-state index in [0.29, 0.717) is 0 Å². The van der Waals surface area contributed by atoms with Gasteiger partial charge in [0, 0.05) is 30.5 Å². The molecule has 0 radical (unpaired) electrons. The van der Waals surface area contributed by atoms with Gasteiger partial charge in [0.15, 0.2) is 0 Å². The van der Waals surface area contributed by atoms with Crippen LogP contribution < -0.4 is 10.2 Å². The van der Waals surface area contributed by atoms with Gasteiger partial charge in [-0.05, 0) is 56.6 Å². The summed E-state index contributed by atoms with van der Waals surface area (Å²) in [5.74, 6) is 1.03. The standard InChI is InChI=1S/C18H25N3/c1-6-15-7-9-16(10-8-15)21(5)18-17(12-19-4)13(2)11-14(3)20-18/h7-11,19H,6,12H2,1-5H3. The van der Waals surface area contributed by atoms with E-state index < -0.39 is 0 Å². The Labute approximate surface area is 128 Å². The van der Waals surface area contributed by atoms with Crippen LogP contribution in [0.1, 0.15) is 29.3 Å². The van der Waals surface area contributed by atoms with Crippen molar-refractivity contribution in [3.63, 3.8) is 0 Å². The molecule has 3 heteroatoms. The van der Waals surface area contributed by atoms with Crippen molar-refractivity contribution in [3.05, 3.63) is 52.7 Å². The van der Waals surface area contributed by atoms with Crippen molar-refractivity contribution in [2.45, 2.75) is 33.7 Å². The minimum absolute atomic E-state index is 0.825. The molecule has 21 heavy (non-hydrogen) atoms. The summed E-state index contributed by atoms with van der Waals surface area (Å²) in [6.07, 6.45) is 1.07. The van der Waals surface area contributed by atoms with Gasteiger partial charge >= 0.3 is 0 Å². The quantitative estimate of drug-likeness (QED) is 0.906. The Hall–Kier alpha value is -1.87. The number of rotatable bonds is 5.